The highest BCUT2D eigenvalue weighted by atomic mass is 32.2. The molecule has 0 aliphatic heterocycles. The zero-order valence-corrected chi connectivity index (χ0v) is 8.15. The van der Waals surface area contributed by atoms with Crippen LogP contribution in [0.3, 0.4) is 0 Å². The molecule has 66 valence electrons. The molecule has 0 radical (unpaired) electrons. The van der Waals surface area contributed by atoms with Crippen LogP contribution in [0.25, 0.3) is 0 Å². The van der Waals surface area contributed by atoms with Crippen LogP contribution < -0.4 is 0 Å². The van der Waals surface area contributed by atoms with Gasteiger partial charge < -0.3 is 5.11 Å². The molecule has 11 heavy (non-hydrogen) atoms. The highest BCUT2D eigenvalue weighted by Gasteiger charge is 2.11. The molecular formula is C8H16O2S. The minimum atomic E-state index is -0.313. The topological polar surface area (TPSA) is 37.3 Å². The SMILES string of the molecule is CCC(=O)C(C)SCC(C)O. The van der Waals surface area contributed by atoms with Gasteiger partial charge in [-0.1, -0.05) is 6.92 Å². The highest BCUT2D eigenvalue weighted by Crippen LogP contribution is 2.13. The van der Waals surface area contributed by atoms with Crippen molar-refractivity contribution < 1.29 is 9.90 Å². The summed E-state index contributed by atoms with van der Waals surface area (Å²) in [6, 6.07) is 0. The third-order valence-electron chi connectivity index (χ3n) is 1.39. The molecule has 0 aliphatic carbocycles. The van der Waals surface area contributed by atoms with Crippen LogP contribution in [-0.2, 0) is 4.79 Å². The number of carbonyl (C=O) groups is 1. The summed E-state index contributed by atoms with van der Waals surface area (Å²) in [5, 5.41) is 8.96. The minimum Gasteiger partial charge on any atom is -0.393 e. The van der Waals surface area contributed by atoms with Crippen molar-refractivity contribution >= 4 is 17.5 Å². The third-order valence-corrected chi connectivity index (χ3v) is 2.83. The molecule has 0 aromatic heterocycles. The van der Waals surface area contributed by atoms with Crippen LogP contribution in [0.1, 0.15) is 27.2 Å². The summed E-state index contributed by atoms with van der Waals surface area (Å²) in [6.45, 7) is 5.48. The van der Waals surface area contributed by atoms with Gasteiger partial charge in [-0.2, -0.15) is 0 Å². The van der Waals surface area contributed by atoms with Crippen LogP contribution in [-0.4, -0.2) is 28.0 Å². The van der Waals surface area contributed by atoms with Crippen molar-refractivity contribution in [3.63, 3.8) is 0 Å². The molecule has 0 aromatic rings. The van der Waals surface area contributed by atoms with E-state index in [0.29, 0.717) is 12.2 Å². The van der Waals surface area contributed by atoms with E-state index in [2.05, 4.69) is 0 Å². The van der Waals surface area contributed by atoms with Gasteiger partial charge in [0, 0.05) is 12.2 Å². The Morgan fingerprint density at radius 2 is 2.09 bits per heavy atom. The smallest absolute Gasteiger partial charge is 0.145 e. The predicted octanol–water partition coefficient (Wildman–Crippen LogP) is 1.47. The van der Waals surface area contributed by atoms with Crippen molar-refractivity contribution in [1.82, 2.24) is 0 Å². The van der Waals surface area contributed by atoms with E-state index in [1.165, 1.54) is 11.8 Å². The van der Waals surface area contributed by atoms with Crippen LogP contribution >= 0.6 is 11.8 Å². The van der Waals surface area contributed by atoms with E-state index in [4.69, 9.17) is 5.11 Å². The number of ketones is 1. The van der Waals surface area contributed by atoms with Crippen molar-refractivity contribution in [2.45, 2.75) is 38.5 Å². The van der Waals surface area contributed by atoms with Gasteiger partial charge in [-0.15, -0.1) is 11.8 Å². The lowest BCUT2D eigenvalue weighted by Crippen LogP contribution is -2.15. The molecule has 1 N–H and O–H groups in total. The first kappa shape index (κ1) is 11.0. The van der Waals surface area contributed by atoms with Gasteiger partial charge in [-0.3, -0.25) is 4.79 Å². The second kappa shape index (κ2) is 5.61. The molecule has 0 spiro atoms. The number of aliphatic hydroxyl groups excluding tert-OH is 1. The molecule has 0 rings (SSSR count). The molecule has 2 atom stereocenters. The predicted molar refractivity (Wildman–Crippen MR) is 48.9 cm³/mol. The van der Waals surface area contributed by atoms with Crippen molar-refractivity contribution in [3.05, 3.63) is 0 Å². The molecule has 0 saturated heterocycles. The number of carbonyl (C=O) groups excluding carboxylic acids is 1. The first-order valence-corrected chi connectivity index (χ1v) is 4.95. The van der Waals surface area contributed by atoms with Gasteiger partial charge in [0.25, 0.3) is 0 Å². The van der Waals surface area contributed by atoms with Crippen LogP contribution in [0.15, 0.2) is 0 Å². The number of thioether (sulfide) groups is 1. The van der Waals surface area contributed by atoms with Crippen molar-refractivity contribution in [2.75, 3.05) is 5.75 Å². The van der Waals surface area contributed by atoms with E-state index >= 15 is 0 Å². The molecule has 2 unspecified atom stereocenters. The maximum Gasteiger partial charge on any atom is 0.145 e. The van der Waals surface area contributed by atoms with Crippen LogP contribution in [0.4, 0.5) is 0 Å². The minimum absolute atomic E-state index is 0.0367. The van der Waals surface area contributed by atoms with Crippen LogP contribution in [0.2, 0.25) is 0 Å². The molecule has 0 saturated carbocycles. The standard InChI is InChI=1S/C8H16O2S/c1-4-8(10)7(3)11-5-6(2)9/h6-7,9H,4-5H2,1-3H3. The fourth-order valence-electron chi connectivity index (χ4n) is 0.664. The summed E-state index contributed by atoms with van der Waals surface area (Å²) < 4.78 is 0. The Hall–Kier alpha value is -0.0200. The summed E-state index contributed by atoms with van der Waals surface area (Å²) in [5.41, 5.74) is 0. The summed E-state index contributed by atoms with van der Waals surface area (Å²) in [7, 11) is 0. The zero-order valence-electron chi connectivity index (χ0n) is 7.33. The van der Waals surface area contributed by atoms with Gasteiger partial charge in [0.05, 0.1) is 11.4 Å². The van der Waals surface area contributed by atoms with Crippen LogP contribution in [0.5, 0.6) is 0 Å². The molecule has 0 bridgehead atoms. The number of rotatable bonds is 5. The Kier molecular flexibility index (Phi) is 5.60. The zero-order chi connectivity index (χ0) is 8.85. The van der Waals surface area contributed by atoms with Gasteiger partial charge in [-0.05, 0) is 13.8 Å². The van der Waals surface area contributed by atoms with Crippen molar-refractivity contribution in [3.8, 4) is 0 Å². The molecule has 0 aliphatic rings. The average molecular weight is 176 g/mol. The van der Waals surface area contributed by atoms with Gasteiger partial charge >= 0.3 is 0 Å². The number of hydrogen-bond donors (Lipinski definition) is 1. The van der Waals surface area contributed by atoms with E-state index in [0.717, 1.165) is 0 Å². The lowest BCUT2D eigenvalue weighted by molar-refractivity contribution is -0.117. The summed E-state index contributed by atoms with van der Waals surface area (Å²) in [4.78, 5) is 11.0. The number of hydrogen-bond acceptors (Lipinski definition) is 3. The lowest BCUT2D eigenvalue weighted by Gasteiger charge is -2.09. The van der Waals surface area contributed by atoms with Gasteiger partial charge in [-0.25, -0.2) is 0 Å². The Bertz CT molecular complexity index is 123. The lowest BCUT2D eigenvalue weighted by atomic mass is 10.2. The monoisotopic (exact) mass is 176 g/mol. The second-order valence-electron chi connectivity index (χ2n) is 2.64. The van der Waals surface area contributed by atoms with Gasteiger partial charge in [0.15, 0.2) is 0 Å². The van der Waals surface area contributed by atoms with E-state index in [1.807, 2.05) is 13.8 Å². The second-order valence-corrected chi connectivity index (χ2v) is 4.02. The Balaban J connectivity index is 3.52. The van der Waals surface area contributed by atoms with E-state index in [1.54, 1.807) is 6.92 Å². The Morgan fingerprint density at radius 1 is 1.55 bits per heavy atom. The fourth-order valence-corrected chi connectivity index (χ4v) is 1.58. The first-order chi connectivity index (χ1) is 5.07. The maximum atomic E-state index is 11.0. The van der Waals surface area contributed by atoms with Crippen molar-refractivity contribution in [2.24, 2.45) is 0 Å². The molecular weight excluding hydrogens is 160 g/mol. The van der Waals surface area contributed by atoms with E-state index < -0.39 is 0 Å². The fraction of sp³-hybridized carbons (Fsp3) is 0.875. The molecule has 0 heterocycles. The molecule has 0 fully saturated rings. The molecule has 0 amide bonds. The molecule has 3 heteroatoms. The maximum absolute atomic E-state index is 11.0. The Labute approximate surface area is 72.4 Å². The normalized spacial score (nSPS) is 16.0. The summed E-state index contributed by atoms with van der Waals surface area (Å²) >= 11 is 1.52. The average Bonchev–Trinajstić information content (AvgIpc) is 1.98. The number of Topliss-reactive ketones (excluding diaryl/α,β-unsaturated/α-hetero) is 1. The molecule has 0 aromatic carbocycles. The van der Waals surface area contributed by atoms with Gasteiger partial charge in [0.2, 0.25) is 0 Å². The first-order valence-electron chi connectivity index (χ1n) is 3.90. The van der Waals surface area contributed by atoms with E-state index in [9.17, 15) is 4.79 Å². The van der Waals surface area contributed by atoms with Gasteiger partial charge in [0.1, 0.15) is 5.78 Å². The highest BCUT2D eigenvalue weighted by molar-refractivity contribution is 8.00. The third kappa shape index (κ3) is 5.27. The van der Waals surface area contributed by atoms with E-state index in [-0.39, 0.29) is 17.1 Å². The Morgan fingerprint density at radius 3 is 2.45 bits per heavy atom. The summed E-state index contributed by atoms with van der Waals surface area (Å²) in [5.74, 6) is 0.906. The largest absolute Gasteiger partial charge is 0.393 e. The van der Waals surface area contributed by atoms with Crippen LogP contribution in [0, 0.1) is 0 Å². The molecule has 2 nitrogen and oxygen atoms in total. The van der Waals surface area contributed by atoms with Crippen molar-refractivity contribution in [1.29, 1.82) is 0 Å². The summed E-state index contributed by atoms with van der Waals surface area (Å²) in [6.07, 6.45) is 0.278. The number of aliphatic hydroxyl groups is 1. The quantitative estimate of drug-likeness (QED) is 0.689.